The SMILES string of the molecule is CCCCCCCCCOCCOCCOCCOCCOCCOCCOCCOCCOCCOc1ccccc1. The fraction of sp³-hybridized carbons (Fsp3) is 0.818. The van der Waals surface area contributed by atoms with Gasteiger partial charge in [-0.3, -0.25) is 0 Å². The maximum Gasteiger partial charge on any atom is 0.119 e. The monoisotopic (exact) mass is 616 g/mol. The quantitative estimate of drug-likeness (QED) is 0.0963. The van der Waals surface area contributed by atoms with Crippen LogP contribution < -0.4 is 4.74 Å². The Kier molecular flexibility index (Phi) is 32.4. The van der Waals surface area contributed by atoms with Crippen LogP contribution >= 0.6 is 0 Å². The molecule has 1 aromatic rings. The van der Waals surface area contributed by atoms with Crippen molar-refractivity contribution in [3.63, 3.8) is 0 Å². The highest BCUT2D eigenvalue weighted by molar-refractivity contribution is 5.20. The summed E-state index contributed by atoms with van der Waals surface area (Å²) < 4.78 is 55.1. The molecule has 0 bridgehead atoms. The molecule has 0 saturated heterocycles. The average molecular weight is 617 g/mol. The smallest absolute Gasteiger partial charge is 0.119 e. The number of rotatable bonds is 36. The second kappa shape index (κ2) is 35.1. The van der Waals surface area contributed by atoms with Gasteiger partial charge in [-0.15, -0.1) is 0 Å². The molecule has 0 aliphatic heterocycles. The minimum Gasteiger partial charge on any atom is -0.491 e. The first-order valence-electron chi connectivity index (χ1n) is 16.3. The van der Waals surface area contributed by atoms with Crippen LogP contribution in [0.1, 0.15) is 51.9 Å². The molecule has 0 spiro atoms. The molecule has 0 radical (unpaired) electrons. The molecule has 252 valence electrons. The lowest BCUT2D eigenvalue weighted by Gasteiger charge is -2.09. The van der Waals surface area contributed by atoms with Crippen LogP contribution in [0, 0.1) is 0 Å². The van der Waals surface area contributed by atoms with Gasteiger partial charge >= 0.3 is 0 Å². The molecule has 1 rings (SSSR count). The number of ether oxygens (including phenoxy) is 10. The summed E-state index contributed by atoms with van der Waals surface area (Å²) in [6.45, 7) is 12.9. The van der Waals surface area contributed by atoms with Crippen LogP contribution in [0.2, 0.25) is 0 Å². The molecule has 0 aliphatic carbocycles. The third kappa shape index (κ3) is 31.9. The van der Waals surface area contributed by atoms with E-state index in [1.54, 1.807) is 0 Å². The van der Waals surface area contributed by atoms with Crippen LogP contribution in [0.15, 0.2) is 30.3 Å². The van der Waals surface area contributed by atoms with E-state index >= 15 is 0 Å². The number of para-hydroxylation sites is 1. The van der Waals surface area contributed by atoms with E-state index in [4.69, 9.17) is 47.4 Å². The minimum absolute atomic E-state index is 0.523. The predicted molar refractivity (Wildman–Crippen MR) is 167 cm³/mol. The van der Waals surface area contributed by atoms with E-state index in [0.717, 1.165) is 18.8 Å². The van der Waals surface area contributed by atoms with E-state index in [1.165, 1.54) is 38.5 Å². The Bertz CT molecular complexity index is 637. The van der Waals surface area contributed by atoms with E-state index in [0.29, 0.717) is 119 Å². The molecule has 0 saturated carbocycles. The summed E-state index contributed by atoms with van der Waals surface area (Å²) in [5.41, 5.74) is 0. The zero-order chi connectivity index (χ0) is 30.6. The summed E-state index contributed by atoms with van der Waals surface area (Å²) in [4.78, 5) is 0. The van der Waals surface area contributed by atoms with Gasteiger partial charge in [0.05, 0.1) is 112 Å². The zero-order valence-corrected chi connectivity index (χ0v) is 26.9. The molecular weight excluding hydrogens is 556 g/mol. The predicted octanol–water partition coefficient (Wildman–Crippen LogP) is 4.97. The van der Waals surface area contributed by atoms with Gasteiger partial charge in [0.25, 0.3) is 0 Å². The second-order valence-corrected chi connectivity index (χ2v) is 9.79. The van der Waals surface area contributed by atoms with Crippen molar-refractivity contribution in [3.8, 4) is 5.75 Å². The van der Waals surface area contributed by atoms with Crippen molar-refractivity contribution in [1.29, 1.82) is 0 Å². The van der Waals surface area contributed by atoms with Crippen molar-refractivity contribution >= 4 is 0 Å². The van der Waals surface area contributed by atoms with Crippen molar-refractivity contribution in [2.24, 2.45) is 0 Å². The number of unbranched alkanes of at least 4 members (excludes halogenated alkanes) is 6. The van der Waals surface area contributed by atoms with Crippen molar-refractivity contribution in [2.45, 2.75) is 51.9 Å². The molecular formula is C33H60O10. The van der Waals surface area contributed by atoms with Crippen LogP contribution in [0.25, 0.3) is 0 Å². The summed E-state index contributed by atoms with van der Waals surface area (Å²) in [5, 5.41) is 0. The maximum atomic E-state index is 5.60. The maximum absolute atomic E-state index is 5.60. The highest BCUT2D eigenvalue weighted by atomic mass is 16.6. The Hall–Kier alpha value is -1.34. The Labute approximate surface area is 260 Å². The first kappa shape index (κ1) is 39.7. The van der Waals surface area contributed by atoms with E-state index in [2.05, 4.69) is 6.92 Å². The molecule has 0 N–H and O–H groups in total. The van der Waals surface area contributed by atoms with Gasteiger partial charge in [0.1, 0.15) is 12.4 Å². The molecule has 1 aromatic carbocycles. The average Bonchev–Trinajstić information content (AvgIpc) is 3.03. The van der Waals surface area contributed by atoms with Crippen molar-refractivity contribution in [1.82, 2.24) is 0 Å². The zero-order valence-electron chi connectivity index (χ0n) is 26.9. The summed E-state index contributed by atoms with van der Waals surface area (Å²) in [5.74, 6) is 0.849. The van der Waals surface area contributed by atoms with Gasteiger partial charge in [-0.1, -0.05) is 63.6 Å². The summed E-state index contributed by atoms with van der Waals surface area (Å²) in [7, 11) is 0. The van der Waals surface area contributed by atoms with Crippen LogP contribution in [-0.2, 0) is 42.6 Å². The van der Waals surface area contributed by atoms with E-state index in [9.17, 15) is 0 Å². The number of hydrogen-bond acceptors (Lipinski definition) is 10. The number of hydrogen-bond donors (Lipinski definition) is 0. The number of benzene rings is 1. The van der Waals surface area contributed by atoms with Gasteiger partial charge in [0.2, 0.25) is 0 Å². The summed E-state index contributed by atoms with van der Waals surface area (Å²) in [6, 6.07) is 9.69. The van der Waals surface area contributed by atoms with Crippen LogP contribution in [0.4, 0.5) is 0 Å². The Morgan fingerprint density at radius 2 is 0.628 bits per heavy atom. The fourth-order valence-corrected chi connectivity index (χ4v) is 3.76. The third-order valence-electron chi connectivity index (χ3n) is 6.11. The van der Waals surface area contributed by atoms with Gasteiger partial charge in [0.15, 0.2) is 0 Å². The van der Waals surface area contributed by atoms with Gasteiger partial charge in [-0.2, -0.15) is 0 Å². The minimum atomic E-state index is 0.523. The van der Waals surface area contributed by atoms with E-state index in [1.807, 2.05) is 30.3 Å². The molecule has 0 fully saturated rings. The largest absolute Gasteiger partial charge is 0.491 e. The van der Waals surface area contributed by atoms with Crippen molar-refractivity contribution in [3.05, 3.63) is 30.3 Å². The third-order valence-corrected chi connectivity index (χ3v) is 6.11. The molecule has 0 atom stereocenters. The highest BCUT2D eigenvalue weighted by Gasteiger charge is 1.97. The summed E-state index contributed by atoms with van der Waals surface area (Å²) in [6.07, 6.45) is 9.12. The summed E-state index contributed by atoms with van der Waals surface area (Å²) >= 11 is 0. The lowest BCUT2D eigenvalue weighted by Crippen LogP contribution is -2.15. The highest BCUT2D eigenvalue weighted by Crippen LogP contribution is 2.08. The van der Waals surface area contributed by atoms with Gasteiger partial charge in [-0.25, -0.2) is 0 Å². The van der Waals surface area contributed by atoms with Crippen LogP contribution in [0.3, 0.4) is 0 Å². The molecule has 10 heteroatoms. The first-order chi connectivity index (χ1) is 21.4. The molecule has 0 aromatic heterocycles. The van der Waals surface area contributed by atoms with Crippen LogP contribution in [0.5, 0.6) is 5.75 Å². The first-order valence-corrected chi connectivity index (χ1v) is 16.3. The standard InChI is InChI=1S/C33H60O10/c1-2-3-4-5-6-7-11-14-34-15-16-35-17-18-36-19-20-37-21-22-38-23-24-39-25-26-40-27-28-41-29-30-42-31-32-43-33-12-9-8-10-13-33/h8-10,12-13H,2-7,11,14-32H2,1H3. The van der Waals surface area contributed by atoms with Gasteiger partial charge in [0, 0.05) is 6.61 Å². The lowest BCUT2D eigenvalue weighted by atomic mass is 10.1. The molecule has 0 heterocycles. The molecule has 0 unspecified atom stereocenters. The molecule has 10 nitrogen and oxygen atoms in total. The molecule has 43 heavy (non-hydrogen) atoms. The molecule has 0 amide bonds. The van der Waals surface area contributed by atoms with Crippen molar-refractivity contribution in [2.75, 3.05) is 126 Å². The fourth-order valence-electron chi connectivity index (χ4n) is 3.76. The Morgan fingerprint density at radius 3 is 1.00 bits per heavy atom. The van der Waals surface area contributed by atoms with Crippen LogP contribution in [-0.4, -0.2) is 126 Å². The van der Waals surface area contributed by atoms with E-state index in [-0.39, 0.29) is 0 Å². The van der Waals surface area contributed by atoms with E-state index < -0.39 is 0 Å². The topological polar surface area (TPSA) is 92.3 Å². The molecule has 0 aliphatic rings. The Morgan fingerprint density at radius 1 is 0.326 bits per heavy atom. The normalized spacial score (nSPS) is 11.4. The lowest BCUT2D eigenvalue weighted by molar-refractivity contribution is -0.0254. The Balaban J connectivity index is 1.61. The van der Waals surface area contributed by atoms with Gasteiger partial charge < -0.3 is 47.4 Å². The second-order valence-electron chi connectivity index (χ2n) is 9.79. The van der Waals surface area contributed by atoms with Gasteiger partial charge in [-0.05, 0) is 18.6 Å². The van der Waals surface area contributed by atoms with Crippen molar-refractivity contribution < 1.29 is 47.4 Å².